The zero-order valence-corrected chi connectivity index (χ0v) is 8.34. The maximum absolute atomic E-state index is 10.9. The first-order chi connectivity index (χ1) is 7.16. The fraction of sp³-hybridized carbons (Fsp3) is 0.300. The lowest BCUT2D eigenvalue weighted by Crippen LogP contribution is -2.21. The lowest BCUT2D eigenvalue weighted by Gasteiger charge is -2.18. The van der Waals surface area contributed by atoms with Crippen molar-refractivity contribution in [2.75, 3.05) is 18.5 Å². The Morgan fingerprint density at radius 1 is 1.73 bits per heavy atom. The van der Waals surface area contributed by atoms with E-state index >= 15 is 0 Å². The van der Waals surface area contributed by atoms with Crippen LogP contribution in [-0.2, 0) is 0 Å². The molecule has 5 nitrogen and oxygen atoms in total. The quantitative estimate of drug-likeness (QED) is 0.797. The molecule has 1 heterocycles. The molecule has 0 saturated carbocycles. The Kier molecular flexibility index (Phi) is 3.63. The van der Waals surface area contributed by atoms with Crippen molar-refractivity contribution in [2.45, 2.75) is 6.42 Å². The summed E-state index contributed by atoms with van der Waals surface area (Å²) >= 11 is 0. The summed E-state index contributed by atoms with van der Waals surface area (Å²) in [4.78, 5) is 16.5. The summed E-state index contributed by atoms with van der Waals surface area (Å²) in [5.41, 5.74) is 0.727. The van der Waals surface area contributed by atoms with Crippen molar-refractivity contribution >= 4 is 11.7 Å². The number of nitrogens with zero attached hydrogens (tertiary/aromatic N) is 3. The largest absolute Gasteiger partial charge is 0.478 e. The minimum absolute atomic E-state index is 0.199. The highest BCUT2D eigenvalue weighted by atomic mass is 16.4. The number of aromatic carboxylic acids is 1. The summed E-state index contributed by atoms with van der Waals surface area (Å²) in [5.74, 6) is -0.990. The van der Waals surface area contributed by atoms with Crippen LogP contribution in [0.3, 0.4) is 0 Å². The molecule has 0 aliphatic rings. The van der Waals surface area contributed by atoms with Crippen molar-refractivity contribution in [3.05, 3.63) is 24.0 Å². The SMILES string of the molecule is CN(CCC#N)c1cnccc1C(=O)O. The molecule has 15 heavy (non-hydrogen) atoms. The van der Waals surface area contributed by atoms with Gasteiger partial charge in [0.15, 0.2) is 0 Å². The molecule has 0 atom stereocenters. The third kappa shape index (κ3) is 2.68. The summed E-state index contributed by atoms with van der Waals surface area (Å²) in [6.07, 6.45) is 3.27. The lowest BCUT2D eigenvalue weighted by molar-refractivity contribution is 0.0697. The molecule has 0 aliphatic heterocycles. The normalized spacial score (nSPS) is 9.33. The molecule has 0 radical (unpaired) electrons. The number of carbonyl (C=O) groups is 1. The van der Waals surface area contributed by atoms with Crippen LogP contribution in [0, 0.1) is 11.3 Å². The Balaban J connectivity index is 2.93. The highest BCUT2D eigenvalue weighted by Crippen LogP contribution is 2.17. The average molecular weight is 205 g/mol. The summed E-state index contributed by atoms with van der Waals surface area (Å²) in [7, 11) is 1.74. The molecule has 0 amide bonds. The molecule has 0 saturated heterocycles. The first-order valence-electron chi connectivity index (χ1n) is 4.42. The Hall–Kier alpha value is -2.09. The van der Waals surface area contributed by atoms with E-state index in [4.69, 9.17) is 10.4 Å². The van der Waals surface area contributed by atoms with E-state index in [2.05, 4.69) is 4.98 Å². The van der Waals surface area contributed by atoms with Gasteiger partial charge in [0, 0.05) is 19.8 Å². The van der Waals surface area contributed by atoms with Gasteiger partial charge in [-0.25, -0.2) is 4.79 Å². The van der Waals surface area contributed by atoms with E-state index in [0.29, 0.717) is 18.7 Å². The number of aromatic nitrogens is 1. The molecule has 1 rings (SSSR count). The number of hydrogen-bond acceptors (Lipinski definition) is 4. The van der Waals surface area contributed by atoms with Crippen LogP contribution < -0.4 is 4.90 Å². The number of pyridine rings is 1. The molecule has 0 unspecified atom stereocenters. The molecule has 78 valence electrons. The molecular formula is C10H11N3O2. The van der Waals surface area contributed by atoms with E-state index in [-0.39, 0.29) is 5.56 Å². The molecule has 0 fully saturated rings. The molecule has 0 aliphatic carbocycles. The molecule has 0 aromatic carbocycles. The second-order valence-electron chi connectivity index (χ2n) is 3.03. The summed E-state index contributed by atoms with van der Waals surface area (Å²) in [6.45, 7) is 0.489. The highest BCUT2D eigenvalue weighted by Gasteiger charge is 2.12. The van der Waals surface area contributed by atoms with Crippen molar-refractivity contribution in [1.82, 2.24) is 4.98 Å². The van der Waals surface area contributed by atoms with Crippen molar-refractivity contribution in [1.29, 1.82) is 5.26 Å². The van der Waals surface area contributed by atoms with Crippen LogP contribution in [0.1, 0.15) is 16.8 Å². The van der Waals surface area contributed by atoms with Crippen LogP contribution in [0.4, 0.5) is 5.69 Å². The van der Waals surface area contributed by atoms with Gasteiger partial charge in [0.1, 0.15) is 0 Å². The Morgan fingerprint density at radius 2 is 2.47 bits per heavy atom. The number of carboxylic acids is 1. The summed E-state index contributed by atoms with van der Waals surface area (Å²) < 4.78 is 0. The molecule has 5 heteroatoms. The molecule has 0 spiro atoms. The van der Waals surface area contributed by atoms with Gasteiger partial charge in [-0.15, -0.1) is 0 Å². The van der Waals surface area contributed by atoms with Crippen LogP contribution in [0.25, 0.3) is 0 Å². The fourth-order valence-corrected chi connectivity index (χ4v) is 1.21. The van der Waals surface area contributed by atoms with Gasteiger partial charge in [0.25, 0.3) is 0 Å². The van der Waals surface area contributed by atoms with Crippen molar-refractivity contribution in [3.63, 3.8) is 0 Å². The maximum Gasteiger partial charge on any atom is 0.337 e. The third-order valence-electron chi connectivity index (χ3n) is 2.00. The van der Waals surface area contributed by atoms with Crippen molar-refractivity contribution in [3.8, 4) is 6.07 Å². The van der Waals surface area contributed by atoms with E-state index in [1.54, 1.807) is 11.9 Å². The summed E-state index contributed by atoms with van der Waals surface area (Å²) in [5, 5.41) is 17.4. The monoisotopic (exact) mass is 205 g/mol. The van der Waals surface area contributed by atoms with Crippen LogP contribution in [0.2, 0.25) is 0 Å². The molecule has 1 N–H and O–H groups in total. The second kappa shape index (κ2) is 4.96. The van der Waals surface area contributed by atoms with Crippen molar-refractivity contribution in [2.24, 2.45) is 0 Å². The molecular weight excluding hydrogens is 194 g/mol. The smallest absolute Gasteiger partial charge is 0.337 e. The second-order valence-corrected chi connectivity index (χ2v) is 3.03. The van der Waals surface area contributed by atoms with Gasteiger partial charge >= 0.3 is 5.97 Å². The van der Waals surface area contributed by atoms with Gasteiger partial charge in [0.2, 0.25) is 0 Å². The average Bonchev–Trinajstić information content (AvgIpc) is 2.25. The van der Waals surface area contributed by atoms with Gasteiger partial charge in [-0.2, -0.15) is 5.26 Å². The van der Waals surface area contributed by atoms with Crippen LogP contribution in [0.15, 0.2) is 18.5 Å². The number of carboxylic acid groups (broad SMARTS) is 1. The van der Waals surface area contributed by atoms with E-state index in [0.717, 1.165) is 0 Å². The Bertz CT molecular complexity index is 398. The molecule has 0 bridgehead atoms. The van der Waals surface area contributed by atoms with Crippen molar-refractivity contribution < 1.29 is 9.90 Å². The highest BCUT2D eigenvalue weighted by molar-refractivity contribution is 5.94. The van der Waals surface area contributed by atoms with E-state index < -0.39 is 5.97 Å². The molecule has 1 aromatic rings. The zero-order valence-electron chi connectivity index (χ0n) is 8.34. The lowest BCUT2D eigenvalue weighted by atomic mass is 10.2. The maximum atomic E-state index is 10.9. The minimum atomic E-state index is -0.990. The van der Waals surface area contributed by atoms with Gasteiger partial charge in [-0.05, 0) is 6.07 Å². The van der Waals surface area contributed by atoms with Gasteiger partial charge in [0.05, 0.1) is 29.9 Å². The van der Waals surface area contributed by atoms with Crippen LogP contribution in [0.5, 0.6) is 0 Å². The van der Waals surface area contributed by atoms with Gasteiger partial charge < -0.3 is 10.0 Å². The number of nitriles is 1. The van der Waals surface area contributed by atoms with E-state index in [1.165, 1.54) is 18.5 Å². The van der Waals surface area contributed by atoms with Gasteiger partial charge in [-0.3, -0.25) is 4.98 Å². The summed E-state index contributed by atoms with van der Waals surface area (Å²) in [6, 6.07) is 3.45. The third-order valence-corrected chi connectivity index (χ3v) is 2.00. The predicted octanol–water partition coefficient (Wildman–Crippen LogP) is 1.13. The van der Waals surface area contributed by atoms with Crippen LogP contribution in [-0.4, -0.2) is 29.7 Å². The minimum Gasteiger partial charge on any atom is -0.478 e. The van der Waals surface area contributed by atoms with Crippen LogP contribution >= 0.6 is 0 Å². The predicted molar refractivity (Wildman–Crippen MR) is 54.7 cm³/mol. The first kappa shape index (κ1) is 11.0. The van der Waals surface area contributed by atoms with Gasteiger partial charge in [-0.1, -0.05) is 0 Å². The number of hydrogen-bond donors (Lipinski definition) is 1. The molecule has 1 aromatic heterocycles. The van der Waals surface area contributed by atoms with E-state index in [1.807, 2.05) is 6.07 Å². The first-order valence-corrected chi connectivity index (χ1v) is 4.42. The van der Waals surface area contributed by atoms with E-state index in [9.17, 15) is 4.79 Å². The Labute approximate surface area is 87.6 Å². The fourth-order valence-electron chi connectivity index (χ4n) is 1.21. The standard InChI is InChI=1S/C10H11N3O2/c1-13(6-2-4-11)9-7-12-5-3-8(9)10(14)15/h3,5,7H,2,6H2,1H3,(H,14,15). The number of anilines is 1. The topological polar surface area (TPSA) is 77.2 Å². The zero-order chi connectivity index (χ0) is 11.3. The number of rotatable bonds is 4. The Morgan fingerprint density at radius 3 is 3.07 bits per heavy atom.